The third-order valence-corrected chi connectivity index (χ3v) is 4.07. The van der Waals surface area contributed by atoms with Crippen LogP contribution in [0.2, 0.25) is 0 Å². The molecule has 0 saturated carbocycles. The Morgan fingerprint density at radius 2 is 1.84 bits per heavy atom. The lowest BCUT2D eigenvalue weighted by Crippen LogP contribution is -2.27. The summed E-state index contributed by atoms with van der Waals surface area (Å²) in [6.07, 6.45) is 3.23. The van der Waals surface area contributed by atoms with Crippen LogP contribution in [-0.2, 0) is 4.79 Å². The Balaban J connectivity index is 1.54. The van der Waals surface area contributed by atoms with E-state index in [2.05, 4.69) is 10.3 Å². The maximum absolute atomic E-state index is 13.3. The van der Waals surface area contributed by atoms with Crippen molar-refractivity contribution >= 4 is 11.9 Å². The summed E-state index contributed by atoms with van der Waals surface area (Å²) in [5.41, 5.74) is 1.70. The minimum absolute atomic E-state index is 0.0260. The van der Waals surface area contributed by atoms with Crippen molar-refractivity contribution < 1.29 is 22.8 Å². The van der Waals surface area contributed by atoms with Crippen molar-refractivity contribution in [3.05, 3.63) is 65.3 Å². The SMILES string of the molecule is O=C1CNC(=O)N1C1=C[C@@H]1c1ccc(-c2cc(F)c(F)c(F)c2)nc1. The smallest absolute Gasteiger partial charge is 0.328 e. The number of pyridine rings is 1. The number of nitrogens with one attached hydrogen (secondary N) is 1. The van der Waals surface area contributed by atoms with Gasteiger partial charge in [0.05, 0.1) is 12.2 Å². The van der Waals surface area contributed by atoms with Crippen molar-refractivity contribution in [1.82, 2.24) is 15.2 Å². The number of hydrogen-bond acceptors (Lipinski definition) is 3. The van der Waals surface area contributed by atoms with Crippen LogP contribution in [-0.4, -0.2) is 28.4 Å². The summed E-state index contributed by atoms with van der Waals surface area (Å²) < 4.78 is 39.6. The molecule has 1 aliphatic heterocycles. The molecule has 1 N–H and O–H groups in total. The number of benzene rings is 1. The molecule has 126 valence electrons. The molecule has 0 bridgehead atoms. The van der Waals surface area contributed by atoms with Gasteiger partial charge in [0.15, 0.2) is 17.5 Å². The average Bonchev–Trinajstić information content (AvgIpc) is 3.31. The fourth-order valence-electron chi connectivity index (χ4n) is 2.75. The molecule has 25 heavy (non-hydrogen) atoms. The second-order valence-electron chi connectivity index (χ2n) is 5.69. The summed E-state index contributed by atoms with van der Waals surface area (Å²) in [5, 5.41) is 2.44. The molecular weight excluding hydrogens is 335 g/mol. The first-order valence-electron chi connectivity index (χ1n) is 7.39. The van der Waals surface area contributed by atoms with Gasteiger partial charge in [0.1, 0.15) is 0 Å². The average molecular weight is 345 g/mol. The molecule has 0 radical (unpaired) electrons. The van der Waals surface area contributed by atoms with E-state index >= 15 is 0 Å². The molecule has 1 aliphatic carbocycles. The molecule has 1 atom stereocenters. The largest absolute Gasteiger partial charge is 0.328 e. The highest BCUT2D eigenvalue weighted by Crippen LogP contribution is 2.42. The van der Waals surface area contributed by atoms with E-state index in [1.54, 1.807) is 12.1 Å². The second-order valence-corrected chi connectivity index (χ2v) is 5.69. The van der Waals surface area contributed by atoms with E-state index in [0.717, 1.165) is 22.6 Å². The standard InChI is InChI=1S/C17H10F3N3O2/c18-11-3-9(4-12(19)16(11)20)13-2-1-8(6-21-13)10-5-14(10)23-15(24)7-22-17(23)25/h1-6,10H,7H2,(H,22,25)/t10-/m1/s1. The number of urea groups is 1. The van der Waals surface area contributed by atoms with Gasteiger partial charge in [0.2, 0.25) is 0 Å². The summed E-state index contributed by atoms with van der Waals surface area (Å²) >= 11 is 0. The fourth-order valence-corrected chi connectivity index (χ4v) is 2.75. The van der Waals surface area contributed by atoms with E-state index in [1.807, 2.05) is 0 Å². The van der Waals surface area contributed by atoms with Crippen molar-refractivity contribution in [1.29, 1.82) is 0 Å². The van der Waals surface area contributed by atoms with Gasteiger partial charge in [-0.05, 0) is 29.8 Å². The molecule has 1 saturated heterocycles. The number of carbonyl (C=O) groups excluding carboxylic acids is 2. The lowest BCUT2D eigenvalue weighted by atomic mass is 10.1. The molecule has 8 heteroatoms. The Labute approximate surface area is 139 Å². The molecule has 2 heterocycles. The van der Waals surface area contributed by atoms with Gasteiger partial charge in [-0.1, -0.05) is 6.07 Å². The number of amides is 3. The predicted molar refractivity (Wildman–Crippen MR) is 80.6 cm³/mol. The Morgan fingerprint density at radius 3 is 2.40 bits per heavy atom. The number of carbonyl (C=O) groups is 2. The molecule has 0 spiro atoms. The van der Waals surface area contributed by atoms with Gasteiger partial charge in [0.25, 0.3) is 5.91 Å². The first kappa shape index (κ1) is 15.4. The van der Waals surface area contributed by atoms with Crippen LogP contribution in [0, 0.1) is 17.5 Å². The van der Waals surface area contributed by atoms with Crippen molar-refractivity contribution in [3.63, 3.8) is 0 Å². The Kier molecular flexibility index (Phi) is 3.34. The molecule has 1 aromatic heterocycles. The Hall–Kier alpha value is -3.16. The highest BCUT2D eigenvalue weighted by atomic mass is 19.2. The number of imide groups is 1. The van der Waals surface area contributed by atoms with Gasteiger partial charge in [-0.2, -0.15) is 0 Å². The molecule has 2 aliphatic rings. The van der Waals surface area contributed by atoms with Crippen LogP contribution in [0.1, 0.15) is 11.5 Å². The first-order chi connectivity index (χ1) is 12.0. The minimum atomic E-state index is -1.53. The van der Waals surface area contributed by atoms with E-state index in [4.69, 9.17) is 0 Å². The topological polar surface area (TPSA) is 62.3 Å². The number of halogens is 3. The van der Waals surface area contributed by atoms with Gasteiger partial charge in [-0.3, -0.25) is 9.78 Å². The van der Waals surface area contributed by atoms with Crippen LogP contribution in [0.15, 0.2) is 42.2 Å². The van der Waals surface area contributed by atoms with E-state index in [9.17, 15) is 22.8 Å². The first-order valence-corrected chi connectivity index (χ1v) is 7.39. The van der Waals surface area contributed by atoms with Gasteiger partial charge < -0.3 is 5.32 Å². The summed E-state index contributed by atoms with van der Waals surface area (Å²) in [5.74, 6) is -4.63. The van der Waals surface area contributed by atoms with Crippen molar-refractivity contribution in [3.8, 4) is 11.3 Å². The molecular formula is C17H10F3N3O2. The molecule has 0 unspecified atom stereocenters. The van der Waals surface area contributed by atoms with Crippen LogP contribution in [0.4, 0.5) is 18.0 Å². The highest BCUT2D eigenvalue weighted by molar-refractivity contribution is 6.04. The van der Waals surface area contributed by atoms with Crippen LogP contribution in [0.5, 0.6) is 0 Å². The predicted octanol–water partition coefficient (Wildman–Crippen LogP) is 2.70. The number of aromatic nitrogens is 1. The van der Waals surface area contributed by atoms with Gasteiger partial charge in [-0.25, -0.2) is 22.9 Å². The summed E-state index contributed by atoms with van der Waals surface area (Å²) in [4.78, 5) is 28.5. The fraction of sp³-hybridized carbons (Fsp3) is 0.118. The highest BCUT2D eigenvalue weighted by Gasteiger charge is 2.41. The van der Waals surface area contributed by atoms with E-state index in [-0.39, 0.29) is 29.6 Å². The normalized spacial score (nSPS) is 19.1. The monoisotopic (exact) mass is 345 g/mol. The Morgan fingerprint density at radius 1 is 1.12 bits per heavy atom. The summed E-state index contributed by atoms with van der Waals surface area (Å²) in [6.45, 7) is -0.0260. The number of allylic oxidation sites excluding steroid dienone is 2. The molecule has 1 fully saturated rings. The van der Waals surface area contributed by atoms with Crippen LogP contribution in [0.25, 0.3) is 11.3 Å². The minimum Gasteiger partial charge on any atom is -0.328 e. The quantitative estimate of drug-likeness (QED) is 0.687. The van der Waals surface area contributed by atoms with Crippen molar-refractivity contribution in [2.45, 2.75) is 5.92 Å². The van der Waals surface area contributed by atoms with E-state index in [1.165, 1.54) is 12.3 Å². The van der Waals surface area contributed by atoms with E-state index < -0.39 is 23.5 Å². The maximum atomic E-state index is 13.3. The molecule has 5 nitrogen and oxygen atoms in total. The zero-order chi connectivity index (χ0) is 17.7. The van der Waals surface area contributed by atoms with Crippen LogP contribution >= 0.6 is 0 Å². The third kappa shape index (κ3) is 2.55. The maximum Gasteiger partial charge on any atom is 0.328 e. The molecule has 1 aromatic carbocycles. The van der Waals surface area contributed by atoms with Crippen molar-refractivity contribution in [2.24, 2.45) is 0 Å². The number of hydrogen-bond donors (Lipinski definition) is 1. The third-order valence-electron chi connectivity index (χ3n) is 4.07. The zero-order valence-electron chi connectivity index (χ0n) is 12.6. The number of rotatable bonds is 3. The lowest BCUT2D eigenvalue weighted by molar-refractivity contribution is -0.123. The van der Waals surface area contributed by atoms with Gasteiger partial charge >= 0.3 is 6.03 Å². The zero-order valence-corrected chi connectivity index (χ0v) is 12.6. The number of nitrogens with zero attached hydrogens (tertiary/aromatic N) is 2. The molecule has 3 amide bonds. The van der Waals surface area contributed by atoms with E-state index in [0.29, 0.717) is 5.70 Å². The van der Waals surface area contributed by atoms with Crippen LogP contribution in [0.3, 0.4) is 0 Å². The van der Waals surface area contributed by atoms with Crippen LogP contribution < -0.4 is 5.32 Å². The summed E-state index contributed by atoms with van der Waals surface area (Å²) in [7, 11) is 0. The molecule has 2 aromatic rings. The van der Waals surface area contributed by atoms with Gasteiger partial charge in [-0.15, -0.1) is 0 Å². The summed E-state index contributed by atoms with van der Waals surface area (Å²) in [6, 6.07) is 4.49. The van der Waals surface area contributed by atoms with Gasteiger partial charge in [0, 0.05) is 23.4 Å². The van der Waals surface area contributed by atoms with Crippen molar-refractivity contribution in [2.75, 3.05) is 6.54 Å². The molecule has 4 rings (SSSR count). The lowest BCUT2D eigenvalue weighted by Gasteiger charge is -2.10. The second kappa shape index (κ2) is 5.44. The Bertz CT molecular complexity index is 902.